The van der Waals surface area contributed by atoms with Crippen molar-refractivity contribution in [3.8, 4) is 0 Å². The van der Waals surface area contributed by atoms with Gasteiger partial charge in [-0.25, -0.2) is 8.42 Å². The first-order valence-electron chi connectivity index (χ1n) is 10.9. The Bertz CT molecular complexity index is 948. The van der Waals surface area contributed by atoms with Crippen LogP contribution < -0.4 is 10.6 Å². The smallest absolute Gasteiger partial charge is 0.264 e. The van der Waals surface area contributed by atoms with Crippen LogP contribution in [-0.4, -0.2) is 36.6 Å². The van der Waals surface area contributed by atoms with Crippen LogP contribution >= 0.6 is 0 Å². The quantitative estimate of drug-likeness (QED) is 0.725. The molecule has 1 aromatic carbocycles. The van der Waals surface area contributed by atoms with Crippen LogP contribution in [0.25, 0.3) is 0 Å². The van der Waals surface area contributed by atoms with Crippen molar-refractivity contribution in [1.29, 1.82) is 0 Å². The lowest BCUT2D eigenvalue weighted by Gasteiger charge is -2.41. The summed E-state index contributed by atoms with van der Waals surface area (Å²) in [5, 5.41) is 5.63. The first-order chi connectivity index (χ1) is 14.5. The molecule has 1 aliphatic heterocycles. The minimum absolute atomic E-state index is 0.0330. The number of aryl methyl sites for hydroxylation is 1. The summed E-state index contributed by atoms with van der Waals surface area (Å²) in [6.07, 6.45) is 6.52. The van der Waals surface area contributed by atoms with Crippen molar-refractivity contribution in [2.75, 3.05) is 0 Å². The largest absolute Gasteiger partial charge is 0.353 e. The Morgan fingerprint density at radius 1 is 1.16 bits per heavy atom. The van der Waals surface area contributed by atoms with Gasteiger partial charge in [0.25, 0.3) is 10.0 Å². The number of rotatable bonds is 5. The molecule has 1 aromatic rings. The molecule has 1 fully saturated rings. The number of benzene rings is 1. The van der Waals surface area contributed by atoms with E-state index in [2.05, 4.69) is 31.4 Å². The Balaban J connectivity index is 1.78. The molecule has 0 bridgehead atoms. The van der Waals surface area contributed by atoms with Crippen LogP contribution in [0.1, 0.15) is 58.4 Å². The predicted octanol–water partition coefficient (Wildman–Crippen LogP) is 3.07. The highest BCUT2D eigenvalue weighted by Crippen LogP contribution is 2.38. The van der Waals surface area contributed by atoms with Crippen molar-refractivity contribution in [3.05, 3.63) is 42.2 Å². The molecule has 7 nitrogen and oxygen atoms in total. The second-order valence-corrected chi connectivity index (χ2v) is 11.5. The summed E-state index contributed by atoms with van der Waals surface area (Å²) in [6, 6.07) is 5.34. The summed E-state index contributed by atoms with van der Waals surface area (Å²) < 4.78 is 27.3. The standard InChI is InChI=1S/C23H33N3O4S/c1-16-9-11-17(12-10-16)31(29,30)26-14-13-24-22(28)20(26)15-21(27)25-19-8-6-5-7-18(19)23(2,3)4/h9-14,18-20H,5-8,15H2,1-4H3,(H,24,28)(H,25,27)/t18-,19-,20-/m1/s1. The molecule has 1 heterocycles. The zero-order chi connectivity index (χ0) is 22.8. The lowest BCUT2D eigenvalue weighted by Crippen LogP contribution is -2.53. The van der Waals surface area contributed by atoms with Crippen molar-refractivity contribution >= 4 is 21.8 Å². The molecule has 1 aliphatic carbocycles. The molecule has 1 saturated carbocycles. The van der Waals surface area contributed by atoms with Crippen LogP contribution in [0.2, 0.25) is 0 Å². The van der Waals surface area contributed by atoms with Crippen molar-refractivity contribution < 1.29 is 18.0 Å². The maximum absolute atomic E-state index is 13.2. The van der Waals surface area contributed by atoms with E-state index in [1.807, 2.05) is 6.92 Å². The minimum Gasteiger partial charge on any atom is -0.353 e. The van der Waals surface area contributed by atoms with Gasteiger partial charge in [0.05, 0.1) is 11.3 Å². The van der Waals surface area contributed by atoms with Crippen LogP contribution in [-0.2, 0) is 19.6 Å². The zero-order valence-electron chi connectivity index (χ0n) is 18.7. The third-order valence-corrected chi connectivity index (χ3v) is 8.06. The van der Waals surface area contributed by atoms with Gasteiger partial charge in [-0.05, 0) is 43.2 Å². The molecule has 2 amide bonds. The zero-order valence-corrected chi connectivity index (χ0v) is 19.5. The summed E-state index contributed by atoms with van der Waals surface area (Å²) in [6.45, 7) is 8.40. The van der Waals surface area contributed by atoms with E-state index in [1.165, 1.54) is 24.5 Å². The van der Waals surface area contributed by atoms with E-state index in [0.717, 1.165) is 35.6 Å². The molecule has 0 aromatic heterocycles. The average molecular weight is 448 g/mol. The van der Waals surface area contributed by atoms with E-state index in [4.69, 9.17) is 0 Å². The number of amides is 2. The third-order valence-electron chi connectivity index (χ3n) is 6.26. The van der Waals surface area contributed by atoms with E-state index in [0.29, 0.717) is 5.92 Å². The van der Waals surface area contributed by atoms with Gasteiger partial charge in [-0.2, -0.15) is 0 Å². The first kappa shape index (κ1) is 23.3. The number of carbonyl (C=O) groups is 2. The lowest BCUT2D eigenvalue weighted by molar-refractivity contribution is -0.130. The van der Waals surface area contributed by atoms with Crippen LogP contribution in [0.3, 0.4) is 0 Å². The normalized spacial score (nSPS) is 24.6. The second kappa shape index (κ2) is 9.02. The fraction of sp³-hybridized carbons (Fsp3) is 0.565. The summed E-state index contributed by atoms with van der Waals surface area (Å²) in [7, 11) is -3.97. The molecule has 2 N–H and O–H groups in total. The molecule has 3 rings (SSSR count). The summed E-state index contributed by atoms with van der Waals surface area (Å²) in [5.41, 5.74) is 0.993. The van der Waals surface area contributed by atoms with Crippen molar-refractivity contribution in [1.82, 2.24) is 14.9 Å². The lowest BCUT2D eigenvalue weighted by atomic mass is 9.69. The van der Waals surface area contributed by atoms with E-state index in [9.17, 15) is 18.0 Å². The molecule has 0 unspecified atom stereocenters. The maximum Gasteiger partial charge on any atom is 0.264 e. The van der Waals surface area contributed by atoms with Gasteiger partial charge in [0.1, 0.15) is 6.04 Å². The SMILES string of the molecule is Cc1ccc(S(=O)(=O)N2C=CNC(=O)[C@H]2CC(=O)N[C@@H]2CCCC[C@H]2C(C)(C)C)cc1. The van der Waals surface area contributed by atoms with Gasteiger partial charge in [-0.15, -0.1) is 0 Å². The molecule has 8 heteroatoms. The van der Waals surface area contributed by atoms with Gasteiger partial charge in [0.15, 0.2) is 0 Å². The molecule has 31 heavy (non-hydrogen) atoms. The summed E-state index contributed by atoms with van der Waals surface area (Å²) in [5.74, 6) is -0.470. The highest BCUT2D eigenvalue weighted by atomic mass is 32.2. The topological polar surface area (TPSA) is 95.6 Å². The number of sulfonamides is 1. The van der Waals surface area contributed by atoms with Crippen molar-refractivity contribution in [2.45, 2.75) is 76.8 Å². The maximum atomic E-state index is 13.2. The highest BCUT2D eigenvalue weighted by Gasteiger charge is 2.39. The third kappa shape index (κ3) is 5.29. The molecule has 170 valence electrons. The van der Waals surface area contributed by atoms with Crippen molar-refractivity contribution in [3.63, 3.8) is 0 Å². The van der Waals surface area contributed by atoms with Gasteiger partial charge < -0.3 is 10.6 Å². The van der Waals surface area contributed by atoms with Gasteiger partial charge >= 0.3 is 0 Å². The Hall–Kier alpha value is -2.35. The van der Waals surface area contributed by atoms with E-state index >= 15 is 0 Å². The fourth-order valence-corrected chi connectivity index (χ4v) is 6.00. The molecule has 2 aliphatic rings. The summed E-state index contributed by atoms with van der Waals surface area (Å²) in [4.78, 5) is 25.5. The minimum atomic E-state index is -3.97. The Morgan fingerprint density at radius 2 is 1.81 bits per heavy atom. The predicted molar refractivity (Wildman–Crippen MR) is 119 cm³/mol. The molecule has 3 atom stereocenters. The average Bonchev–Trinajstić information content (AvgIpc) is 2.69. The van der Waals surface area contributed by atoms with Crippen LogP contribution in [0.4, 0.5) is 0 Å². The molecule has 0 radical (unpaired) electrons. The van der Waals surface area contributed by atoms with Crippen LogP contribution in [0.15, 0.2) is 41.6 Å². The number of hydrogen-bond donors (Lipinski definition) is 2. The summed E-state index contributed by atoms with van der Waals surface area (Å²) >= 11 is 0. The van der Waals surface area contributed by atoms with Gasteiger partial charge in [-0.3, -0.25) is 13.9 Å². The number of nitrogens with one attached hydrogen (secondary N) is 2. The van der Waals surface area contributed by atoms with Crippen LogP contribution in [0.5, 0.6) is 0 Å². The van der Waals surface area contributed by atoms with Gasteiger partial charge in [0, 0.05) is 18.4 Å². The Kier molecular flexibility index (Phi) is 6.79. The van der Waals surface area contributed by atoms with E-state index in [1.54, 1.807) is 12.1 Å². The Morgan fingerprint density at radius 3 is 2.45 bits per heavy atom. The Labute approximate surface area is 185 Å². The molecule has 0 saturated heterocycles. The fourth-order valence-electron chi connectivity index (χ4n) is 4.55. The molecule has 0 spiro atoms. The number of carbonyl (C=O) groups excluding carboxylic acids is 2. The molecular formula is C23H33N3O4S. The first-order valence-corrected chi connectivity index (χ1v) is 12.3. The monoisotopic (exact) mass is 447 g/mol. The van der Waals surface area contributed by atoms with Gasteiger partial charge in [-0.1, -0.05) is 51.3 Å². The van der Waals surface area contributed by atoms with E-state index < -0.39 is 22.0 Å². The van der Waals surface area contributed by atoms with Gasteiger partial charge in [0.2, 0.25) is 11.8 Å². The second-order valence-electron chi connectivity index (χ2n) is 9.62. The molecular weight excluding hydrogens is 414 g/mol. The number of nitrogens with zero attached hydrogens (tertiary/aromatic N) is 1. The van der Waals surface area contributed by atoms with Crippen molar-refractivity contribution in [2.24, 2.45) is 11.3 Å². The van der Waals surface area contributed by atoms with Crippen LogP contribution in [0, 0.1) is 18.3 Å². The number of hydrogen-bond acceptors (Lipinski definition) is 4. The van der Waals surface area contributed by atoms with E-state index in [-0.39, 0.29) is 28.7 Å². The highest BCUT2D eigenvalue weighted by molar-refractivity contribution is 7.89.